The summed E-state index contributed by atoms with van der Waals surface area (Å²) in [6, 6.07) is 4.12. The van der Waals surface area contributed by atoms with E-state index < -0.39 is 17.3 Å². The van der Waals surface area contributed by atoms with Crippen LogP contribution < -0.4 is 5.32 Å². The molecule has 0 aliphatic heterocycles. The van der Waals surface area contributed by atoms with Crippen LogP contribution in [-0.4, -0.2) is 44.1 Å². The van der Waals surface area contributed by atoms with E-state index in [0.29, 0.717) is 11.2 Å². The second-order valence-electron chi connectivity index (χ2n) is 5.39. The number of methoxy groups -OCH3 is 1. The maximum atomic E-state index is 12.0. The first-order chi connectivity index (χ1) is 11.6. The van der Waals surface area contributed by atoms with Crippen molar-refractivity contribution in [3.05, 3.63) is 24.5 Å². The fraction of sp³-hybridized carbons (Fsp3) is 0.400. The van der Waals surface area contributed by atoms with E-state index in [1.54, 1.807) is 19.3 Å². The second kappa shape index (κ2) is 7.00. The lowest BCUT2D eigenvalue weighted by Crippen LogP contribution is -2.36. The third-order valence-corrected chi connectivity index (χ3v) is 4.62. The number of amides is 2. The molecular formula is C15H17N5O3S. The molecule has 2 heterocycles. The molecule has 1 aliphatic rings. The predicted molar refractivity (Wildman–Crippen MR) is 87.4 cm³/mol. The van der Waals surface area contributed by atoms with Crippen molar-refractivity contribution >= 4 is 23.8 Å². The first-order valence-electron chi connectivity index (χ1n) is 7.51. The molecule has 0 unspecified atom stereocenters. The summed E-state index contributed by atoms with van der Waals surface area (Å²) >= 11 is 1.26. The normalized spacial score (nSPS) is 14.9. The molecule has 0 radical (unpaired) electrons. The van der Waals surface area contributed by atoms with Crippen LogP contribution in [0.4, 0.5) is 4.79 Å². The highest BCUT2D eigenvalue weighted by molar-refractivity contribution is 8.00. The van der Waals surface area contributed by atoms with Crippen LogP contribution in [0.15, 0.2) is 29.7 Å². The fourth-order valence-electron chi connectivity index (χ4n) is 2.18. The monoisotopic (exact) mass is 347 g/mol. The Kier molecular flexibility index (Phi) is 4.79. The summed E-state index contributed by atoms with van der Waals surface area (Å²) in [5.74, 6) is 0.314. The maximum Gasteiger partial charge on any atom is 0.413 e. The van der Waals surface area contributed by atoms with Crippen LogP contribution in [0.2, 0.25) is 0 Å². The van der Waals surface area contributed by atoms with Crippen LogP contribution in [0.5, 0.6) is 0 Å². The third kappa shape index (κ3) is 3.56. The molecule has 8 nitrogen and oxygen atoms in total. The van der Waals surface area contributed by atoms with E-state index >= 15 is 0 Å². The predicted octanol–water partition coefficient (Wildman–Crippen LogP) is 2.04. The Morgan fingerprint density at radius 3 is 2.83 bits per heavy atom. The molecule has 1 aliphatic carbocycles. The van der Waals surface area contributed by atoms with Gasteiger partial charge in [-0.2, -0.15) is 0 Å². The Labute approximate surface area is 143 Å². The average molecular weight is 347 g/mol. The van der Waals surface area contributed by atoms with E-state index in [1.807, 2.05) is 16.7 Å². The van der Waals surface area contributed by atoms with E-state index in [9.17, 15) is 9.59 Å². The minimum absolute atomic E-state index is 0.341. The summed E-state index contributed by atoms with van der Waals surface area (Å²) in [5.41, 5.74) is 0.885. The number of hydrogen-bond acceptors (Lipinski definition) is 7. The minimum atomic E-state index is -0.771. The second-order valence-corrected chi connectivity index (χ2v) is 6.70. The molecule has 1 atom stereocenters. The summed E-state index contributed by atoms with van der Waals surface area (Å²) < 4.78 is 6.48. The lowest BCUT2D eigenvalue weighted by atomic mass is 10.3. The molecule has 24 heavy (non-hydrogen) atoms. The molecule has 0 spiro atoms. The van der Waals surface area contributed by atoms with Crippen LogP contribution in [0.1, 0.15) is 25.8 Å². The molecule has 1 saturated carbocycles. The fourth-order valence-corrected chi connectivity index (χ4v) is 3.10. The van der Waals surface area contributed by atoms with Gasteiger partial charge in [0, 0.05) is 24.0 Å². The molecule has 1 N–H and O–H groups in total. The molecule has 3 rings (SSSR count). The van der Waals surface area contributed by atoms with Crippen LogP contribution in [0, 0.1) is 0 Å². The highest BCUT2D eigenvalue weighted by Crippen LogP contribution is 2.41. The van der Waals surface area contributed by atoms with E-state index in [4.69, 9.17) is 0 Å². The van der Waals surface area contributed by atoms with Gasteiger partial charge in [0.05, 0.1) is 12.4 Å². The Bertz CT molecular complexity index is 745. The summed E-state index contributed by atoms with van der Waals surface area (Å²) in [6.07, 6.45) is 4.79. The van der Waals surface area contributed by atoms with Gasteiger partial charge in [-0.25, -0.2) is 4.79 Å². The lowest BCUT2D eigenvalue weighted by Gasteiger charge is -2.12. The molecule has 2 amide bonds. The first kappa shape index (κ1) is 16.4. The zero-order valence-corrected chi connectivity index (χ0v) is 14.1. The van der Waals surface area contributed by atoms with Crippen LogP contribution in [0.25, 0.3) is 11.4 Å². The van der Waals surface area contributed by atoms with Crippen LogP contribution >= 0.6 is 11.8 Å². The van der Waals surface area contributed by atoms with Crippen LogP contribution in [-0.2, 0) is 9.53 Å². The molecule has 9 heteroatoms. The molecular weight excluding hydrogens is 330 g/mol. The number of nitrogens with zero attached hydrogens (tertiary/aromatic N) is 4. The molecule has 126 valence electrons. The Hall–Kier alpha value is -2.42. The highest BCUT2D eigenvalue weighted by Gasteiger charge is 2.31. The van der Waals surface area contributed by atoms with Gasteiger partial charge in [0.2, 0.25) is 5.91 Å². The van der Waals surface area contributed by atoms with Crippen molar-refractivity contribution in [3.63, 3.8) is 0 Å². The van der Waals surface area contributed by atoms with E-state index in [-0.39, 0.29) is 0 Å². The summed E-state index contributed by atoms with van der Waals surface area (Å²) in [7, 11) is 1.21. The summed E-state index contributed by atoms with van der Waals surface area (Å²) in [5, 5.41) is 10.8. The number of pyridine rings is 1. The lowest BCUT2D eigenvalue weighted by molar-refractivity contribution is -0.119. The number of nitrogens with one attached hydrogen (secondary N) is 1. The van der Waals surface area contributed by atoms with Crippen molar-refractivity contribution in [2.24, 2.45) is 0 Å². The molecule has 0 aromatic carbocycles. The molecule has 2 aromatic heterocycles. The van der Waals surface area contributed by atoms with Crippen molar-refractivity contribution in [2.75, 3.05) is 7.11 Å². The SMILES string of the molecule is COC(=O)NC(=O)[C@@H](C)Sc1nnc(-c2cccnc2)n1C1CC1. The molecule has 0 bridgehead atoms. The van der Waals surface area contributed by atoms with E-state index in [2.05, 4.69) is 25.2 Å². The number of ether oxygens (including phenoxy) is 1. The average Bonchev–Trinajstić information content (AvgIpc) is 3.35. The number of aromatic nitrogens is 4. The van der Waals surface area contributed by atoms with Gasteiger partial charge in [-0.05, 0) is 31.9 Å². The van der Waals surface area contributed by atoms with Gasteiger partial charge in [-0.15, -0.1) is 10.2 Å². The van der Waals surface area contributed by atoms with Crippen molar-refractivity contribution in [3.8, 4) is 11.4 Å². The summed E-state index contributed by atoms with van der Waals surface area (Å²) in [6.45, 7) is 1.71. The van der Waals surface area contributed by atoms with Gasteiger partial charge in [-0.3, -0.25) is 19.7 Å². The van der Waals surface area contributed by atoms with Gasteiger partial charge in [0.15, 0.2) is 11.0 Å². The maximum absolute atomic E-state index is 12.0. The number of thioether (sulfide) groups is 1. The number of alkyl carbamates (subject to hydrolysis) is 1. The molecule has 2 aromatic rings. The zero-order valence-electron chi connectivity index (χ0n) is 13.3. The van der Waals surface area contributed by atoms with Crippen molar-refractivity contribution in [1.82, 2.24) is 25.1 Å². The topological polar surface area (TPSA) is 99.0 Å². The zero-order chi connectivity index (χ0) is 17.1. The molecule has 1 fully saturated rings. The Morgan fingerprint density at radius 1 is 1.42 bits per heavy atom. The standard InChI is InChI=1S/C15H17N5O3S/c1-9(13(21)17-15(22)23-2)24-14-19-18-12(20(14)11-5-6-11)10-4-3-7-16-8-10/h3-4,7-9,11H,5-6H2,1-2H3,(H,17,21,22)/t9-/m1/s1. The number of hydrogen-bond donors (Lipinski definition) is 1. The van der Waals surface area contributed by atoms with Crippen molar-refractivity contribution in [1.29, 1.82) is 0 Å². The summed E-state index contributed by atoms with van der Waals surface area (Å²) in [4.78, 5) is 27.3. The highest BCUT2D eigenvalue weighted by atomic mass is 32.2. The van der Waals surface area contributed by atoms with Gasteiger partial charge in [-0.1, -0.05) is 11.8 Å². The van der Waals surface area contributed by atoms with E-state index in [0.717, 1.165) is 24.2 Å². The smallest absolute Gasteiger partial charge is 0.413 e. The number of carbonyl (C=O) groups excluding carboxylic acids is 2. The first-order valence-corrected chi connectivity index (χ1v) is 8.39. The van der Waals surface area contributed by atoms with Gasteiger partial charge in [0.1, 0.15) is 0 Å². The van der Waals surface area contributed by atoms with Crippen LogP contribution in [0.3, 0.4) is 0 Å². The van der Waals surface area contributed by atoms with Crippen molar-refractivity contribution in [2.45, 2.75) is 36.2 Å². The third-order valence-electron chi connectivity index (χ3n) is 3.56. The number of rotatable bonds is 5. The van der Waals surface area contributed by atoms with Gasteiger partial charge >= 0.3 is 6.09 Å². The van der Waals surface area contributed by atoms with Gasteiger partial charge in [0.25, 0.3) is 0 Å². The van der Waals surface area contributed by atoms with Gasteiger partial charge < -0.3 is 4.74 Å². The minimum Gasteiger partial charge on any atom is -0.453 e. The quantitative estimate of drug-likeness (QED) is 0.826. The Morgan fingerprint density at radius 2 is 2.21 bits per heavy atom. The Balaban J connectivity index is 1.80. The number of carbonyl (C=O) groups is 2. The van der Waals surface area contributed by atoms with Crippen molar-refractivity contribution < 1.29 is 14.3 Å². The largest absolute Gasteiger partial charge is 0.453 e. The molecule has 0 saturated heterocycles. The van der Waals surface area contributed by atoms with E-state index in [1.165, 1.54) is 18.9 Å². The number of imide groups is 1.